The quantitative estimate of drug-likeness (QED) is 0.913. The van der Waals surface area contributed by atoms with Crippen LogP contribution < -0.4 is 5.73 Å². The van der Waals surface area contributed by atoms with E-state index in [1.165, 1.54) is 36.0 Å². The first-order valence-electron chi connectivity index (χ1n) is 7.17. The third kappa shape index (κ3) is 2.43. The van der Waals surface area contributed by atoms with E-state index in [2.05, 4.69) is 36.4 Å². The number of fused-ring (bicyclic) bond motifs is 1. The molecule has 2 N–H and O–H groups in total. The zero-order valence-electron chi connectivity index (χ0n) is 11.5. The summed E-state index contributed by atoms with van der Waals surface area (Å²) >= 11 is 0. The molecule has 1 aromatic heterocycles. The molecule has 1 aliphatic carbocycles. The molecule has 0 fully saturated rings. The first-order chi connectivity index (χ1) is 9.28. The molecule has 0 aliphatic heterocycles. The molecule has 0 spiro atoms. The summed E-state index contributed by atoms with van der Waals surface area (Å²) in [6.45, 7) is 3.11. The smallest absolute Gasteiger partial charge is 0.0582 e. The van der Waals surface area contributed by atoms with Crippen molar-refractivity contribution in [2.24, 2.45) is 5.73 Å². The molecule has 0 saturated heterocycles. The van der Waals surface area contributed by atoms with Crippen LogP contribution in [0.3, 0.4) is 0 Å². The van der Waals surface area contributed by atoms with E-state index in [-0.39, 0.29) is 6.04 Å². The van der Waals surface area contributed by atoms with Gasteiger partial charge in [0, 0.05) is 18.3 Å². The fourth-order valence-electron chi connectivity index (χ4n) is 2.87. The van der Waals surface area contributed by atoms with Gasteiger partial charge < -0.3 is 5.73 Å². The van der Waals surface area contributed by atoms with Crippen LogP contribution in [-0.4, -0.2) is 9.78 Å². The predicted molar refractivity (Wildman–Crippen MR) is 77.0 cm³/mol. The summed E-state index contributed by atoms with van der Waals surface area (Å²) in [4.78, 5) is 0. The van der Waals surface area contributed by atoms with Crippen molar-refractivity contribution in [2.75, 3.05) is 0 Å². The Morgan fingerprint density at radius 3 is 2.95 bits per heavy atom. The van der Waals surface area contributed by atoms with E-state index in [0.717, 1.165) is 18.5 Å². The van der Waals surface area contributed by atoms with Gasteiger partial charge in [-0.15, -0.1) is 0 Å². The molecule has 1 atom stereocenters. The van der Waals surface area contributed by atoms with Crippen LogP contribution in [0.5, 0.6) is 0 Å². The maximum Gasteiger partial charge on any atom is 0.0582 e. The summed E-state index contributed by atoms with van der Waals surface area (Å²) in [5.74, 6) is 0. The number of nitrogens with zero attached hydrogens (tertiary/aromatic N) is 2. The van der Waals surface area contributed by atoms with Crippen LogP contribution in [0.15, 0.2) is 30.6 Å². The fraction of sp³-hybridized carbons (Fsp3) is 0.438. The van der Waals surface area contributed by atoms with Gasteiger partial charge in [0.05, 0.1) is 12.2 Å². The van der Waals surface area contributed by atoms with Gasteiger partial charge in [-0.3, -0.25) is 4.68 Å². The van der Waals surface area contributed by atoms with Crippen LogP contribution in [0.1, 0.15) is 48.1 Å². The largest absolute Gasteiger partial charge is 0.320 e. The highest BCUT2D eigenvalue weighted by atomic mass is 15.3. The van der Waals surface area contributed by atoms with Gasteiger partial charge in [0.15, 0.2) is 0 Å². The standard InChI is InChI=1S/C16H21N3/c1-2-8-19-11-15(10-18-19)16(17)14-7-6-12-4-3-5-13(12)9-14/h6-7,9-11,16H,2-5,8,17H2,1H3. The molecule has 19 heavy (non-hydrogen) atoms. The van der Waals surface area contributed by atoms with Crippen molar-refractivity contribution in [3.8, 4) is 0 Å². The third-order valence-corrected chi connectivity index (χ3v) is 3.95. The summed E-state index contributed by atoms with van der Waals surface area (Å²) in [6.07, 6.45) is 8.76. The lowest BCUT2D eigenvalue weighted by Gasteiger charge is -2.11. The maximum atomic E-state index is 6.37. The van der Waals surface area contributed by atoms with Gasteiger partial charge in [0.25, 0.3) is 0 Å². The van der Waals surface area contributed by atoms with E-state index < -0.39 is 0 Å². The Bertz CT molecular complexity index is 571. The van der Waals surface area contributed by atoms with Crippen LogP contribution in [0, 0.1) is 0 Å². The van der Waals surface area contributed by atoms with Crippen molar-refractivity contribution in [1.29, 1.82) is 0 Å². The van der Waals surface area contributed by atoms with E-state index in [1.807, 2.05) is 10.9 Å². The zero-order chi connectivity index (χ0) is 13.2. The highest BCUT2D eigenvalue weighted by Gasteiger charge is 2.15. The Hall–Kier alpha value is -1.61. The zero-order valence-corrected chi connectivity index (χ0v) is 11.5. The molecular weight excluding hydrogens is 234 g/mol. The Kier molecular flexibility index (Phi) is 3.38. The van der Waals surface area contributed by atoms with Gasteiger partial charge in [-0.2, -0.15) is 5.10 Å². The van der Waals surface area contributed by atoms with Crippen molar-refractivity contribution in [3.05, 3.63) is 52.8 Å². The second-order valence-electron chi connectivity index (χ2n) is 5.40. The molecular formula is C16H21N3. The average Bonchev–Trinajstić information content (AvgIpc) is 3.05. The van der Waals surface area contributed by atoms with E-state index in [0.29, 0.717) is 0 Å². The first kappa shape index (κ1) is 12.4. The summed E-state index contributed by atoms with van der Waals surface area (Å²) < 4.78 is 1.97. The minimum Gasteiger partial charge on any atom is -0.320 e. The van der Waals surface area contributed by atoms with E-state index in [1.54, 1.807) is 0 Å². The van der Waals surface area contributed by atoms with Crippen LogP contribution >= 0.6 is 0 Å². The van der Waals surface area contributed by atoms with Gasteiger partial charge in [-0.25, -0.2) is 0 Å². The summed E-state index contributed by atoms with van der Waals surface area (Å²) in [6, 6.07) is 6.64. The normalized spacial score (nSPS) is 15.5. The topological polar surface area (TPSA) is 43.8 Å². The van der Waals surface area contributed by atoms with Gasteiger partial charge in [0.2, 0.25) is 0 Å². The fourth-order valence-corrected chi connectivity index (χ4v) is 2.87. The second-order valence-corrected chi connectivity index (χ2v) is 5.40. The monoisotopic (exact) mass is 255 g/mol. The lowest BCUT2D eigenvalue weighted by molar-refractivity contribution is 0.602. The predicted octanol–water partition coefficient (Wildman–Crippen LogP) is 2.83. The maximum absolute atomic E-state index is 6.37. The molecule has 1 unspecified atom stereocenters. The lowest BCUT2D eigenvalue weighted by Crippen LogP contribution is -2.11. The van der Waals surface area contributed by atoms with Crippen LogP contribution in [0.25, 0.3) is 0 Å². The average molecular weight is 255 g/mol. The molecule has 3 rings (SSSR count). The third-order valence-electron chi connectivity index (χ3n) is 3.95. The van der Waals surface area contributed by atoms with E-state index in [4.69, 9.17) is 5.73 Å². The van der Waals surface area contributed by atoms with Crippen molar-refractivity contribution < 1.29 is 0 Å². The number of hydrogen-bond donors (Lipinski definition) is 1. The van der Waals surface area contributed by atoms with Crippen molar-refractivity contribution in [2.45, 2.75) is 45.2 Å². The van der Waals surface area contributed by atoms with Crippen molar-refractivity contribution in [1.82, 2.24) is 9.78 Å². The van der Waals surface area contributed by atoms with Gasteiger partial charge in [0.1, 0.15) is 0 Å². The van der Waals surface area contributed by atoms with Crippen LogP contribution in [0.4, 0.5) is 0 Å². The number of aromatic nitrogens is 2. The highest BCUT2D eigenvalue weighted by Crippen LogP contribution is 2.27. The number of hydrogen-bond acceptors (Lipinski definition) is 2. The molecule has 0 bridgehead atoms. The van der Waals surface area contributed by atoms with Gasteiger partial charge in [-0.05, 0) is 42.4 Å². The molecule has 1 heterocycles. The number of benzene rings is 1. The minimum atomic E-state index is -0.0588. The van der Waals surface area contributed by atoms with E-state index in [9.17, 15) is 0 Å². The SMILES string of the molecule is CCCn1cc(C(N)c2ccc3c(c2)CCC3)cn1. The van der Waals surface area contributed by atoms with Gasteiger partial charge >= 0.3 is 0 Å². The molecule has 0 saturated carbocycles. The molecule has 3 nitrogen and oxygen atoms in total. The first-order valence-corrected chi connectivity index (χ1v) is 7.17. The Balaban J connectivity index is 1.84. The van der Waals surface area contributed by atoms with Crippen LogP contribution in [0.2, 0.25) is 0 Å². The molecule has 2 aromatic rings. The van der Waals surface area contributed by atoms with Gasteiger partial charge in [-0.1, -0.05) is 25.1 Å². The molecule has 1 aliphatic rings. The van der Waals surface area contributed by atoms with E-state index >= 15 is 0 Å². The summed E-state index contributed by atoms with van der Waals surface area (Å²) in [7, 11) is 0. The molecule has 3 heteroatoms. The molecule has 100 valence electrons. The lowest BCUT2D eigenvalue weighted by atomic mass is 9.98. The molecule has 0 radical (unpaired) electrons. The Labute approximate surface area is 114 Å². The summed E-state index contributed by atoms with van der Waals surface area (Å²) in [5.41, 5.74) is 11.7. The number of rotatable bonds is 4. The number of aryl methyl sites for hydroxylation is 3. The highest BCUT2D eigenvalue weighted by molar-refractivity contribution is 5.39. The Morgan fingerprint density at radius 1 is 1.26 bits per heavy atom. The second kappa shape index (κ2) is 5.17. The minimum absolute atomic E-state index is 0.0588. The number of nitrogens with two attached hydrogens (primary N) is 1. The summed E-state index contributed by atoms with van der Waals surface area (Å²) in [5, 5.41) is 4.36. The Morgan fingerprint density at radius 2 is 2.11 bits per heavy atom. The van der Waals surface area contributed by atoms with Crippen molar-refractivity contribution in [3.63, 3.8) is 0 Å². The van der Waals surface area contributed by atoms with Crippen molar-refractivity contribution >= 4 is 0 Å². The van der Waals surface area contributed by atoms with Crippen LogP contribution in [-0.2, 0) is 19.4 Å². The molecule has 0 amide bonds. The molecule has 1 aromatic carbocycles.